The van der Waals surface area contributed by atoms with E-state index in [4.69, 9.17) is 21.1 Å². The molecule has 0 radical (unpaired) electrons. The van der Waals surface area contributed by atoms with Gasteiger partial charge in [-0.3, -0.25) is 4.79 Å². The number of thioether (sulfide) groups is 1. The molecule has 25 heavy (non-hydrogen) atoms. The van der Waals surface area contributed by atoms with E-state index in [1.165, 1.54) is 11.8 Å². The second-order valence-corrected chi connectivity index (χ2v) is 8.46. The second kappa shape index (κ2) is 6.74. The summed E-state index contributed by atoms with van der Waals surface area (Å²) in [4.78, 5) is 17.0. The highest BCUT2D eigenvalue weighted by Gasteiger charge is 2.19. The number of hydrogen-bond donors (Lipinski definition) is 1. The second-order valence-electron chi connectivity index (χ2n) is 5.41. The number of rotatable bonds is 4. The zero-order chi connectivity index (χ0) is 17.4. The smallest absolute Gasteiger partial charge is 0.237 e. The zero-order valence-corrected chi connectivity index (χ0v) is 15.5. The monoisotopic (exact) mass is 392 g/mol. The average Bonchev–Trinajstić information content (AvgIpc) is 3.19. The topological polar surface area (TPSA) is 60.5 Å². The molecule has 1 aromatic heterocycles. The molecule has 0 saturated heterocycles. The SMILES string of the molecule is C[C@H](Sc1nc2cc(Cl)ccc2s1)C(=O)Nc1ccc2c(c1)OCO2. The first-order valence-electron chi connectivity index (χ1n) is 7.52. The summed E-state index contributed by atoms with van der Waals surface area (Å²) < 4.78 is 12.5. The fourth-order valence-electron chi connectivity index (χ4n) is 2.35. The van der Waals surface area contributed by atoms with Crippen LogP contribution in [0.25, 0.3) is 10.2 Å². The van der Waals surface area contributed by atoms with Crippen molar-refractivity contribution in [1.29, 1.82) is 0 Å². The van der Waals surface area contributed by atoms with Gasteiger partial charge in [-0.2, -0.15) is 0 Å². The fourth-order valence-corrected chi connectivity index (χ4v) is 4.71. The van der Waals surface area contributed by atoms with Gasteiger partial charge in [0.2, 0.25) is 12.7 Å². The van der Waals surface area contributed by atoms with Crippen LogP contribution in [0.5, 0.6) is 11.5 Å². The molecule has 4 rings (SSSR count). The van der Waals surface area contributed by atoms with Crippen molar-refractivity contribution in [3.63, 3.8) is 0 Å². The quantitative estimate of drug-likeness (QED) is 0.646. The molecule has 3 aromatic rings. The highest BCUT2D eigenvalue weighted by molar-refractivity contribution is 8.02. The van der Waals surface area contributed by atoms with E-state index in [9.17, 15) is 4.79 Å². The number of fused-ring (bicyclic) bond motifs is 2. The van der Waals surface area contributed by atoms with Gasteiger partial charge < -0.3 is 14.8 Å². The standard InChI is InChI=1S/C17H13ClN2O3S2/c1-9(24-17-20-12-6-10(18)2-5-15(12)25-17)16(21)19-11-3-4-13-14(7-11)23-8-22-13/h2-7,9H,8H2,1H3,(H,19,21)/t9-/m0/s1. The van der Waals surface area contributed by atoms with Gasteiger partial charge in [0.25, 0.3) is 0 Å². The lowest BCUT2D eigenvalue weighted by molar-refractivity contribution is -0.115. The number of thiazole rings is 1. The van der Waals surface area contributed by atoms with Crippen LogP contribution < -0.4 is 14.8 Å². The van der Waals surface area contributed by atoms with Crippen LogP contribution in [-0.4, -0.2) is 22.9 Å². The van der Waals surface area contributed by atoms with Crippen LogP contribution in [0.15, 0.2) is 40.7 Å². The number of carbonyl (C=O) groups excluding carboxylic acids is 1. The summed E-state index contributed by atoms with van der Waals surface area (Å²) in [6, 6.07) is 10.9. The van der Waals surface area contributed by atoms with E-state index >= 15 is 0 Å². The normalized spacial score (nSPS) is 13.8. The maximum Gasteiger partial charge on any atom is 0.237 e. The minimum Gasteiger partial charge on any atom is -0.454 e. The van der Waals surface area contributed by atoms with Crippen molar-refractivity contribution in [2.75, 3.05) is 12.1 Å². The molecule has 0 bridgehead atoms. The summed E-state index contributed by atoms with van der Waals surface area (Å²) in [6.45, 7) is 2.06. The lowest BCUT2D eigenvalue weighted by atomic mass is 10.2. The third-order valence-corrected chi connectivity index (χ3v) is 6.08. The van der Waals surface area contributed by atoms with Gasteiger partial charge in [0.05, 0.1) is 15.5 Å². The Morgan fingerprint density at radius 3 is 3.00 bits per heavy atom. The van der Waals surface area contributed by atoms with E-state index in [1.807, 2.05) is 25.1 Å². The molecule has 5 nitrogen and oxygen atoms in total. The summed E-state index contributed by atoms with van der Waals surface area (Å²) in [7, 11) is 0. The molecular weight excluding hydrogens is 380 g/mol. The lowest BCUT2D eigenvalue weighted by Crippen LogP contribution is -2.22. The minimum absolute atomic E-state index is 0.0962. The predicted molar refractivity (Wildman–Crippen MR) is 101 cm³/mol. The van der Waals surface area contributed by atoms with Crippen LogP contribution in [0.1, 0.15) is 6.92 Å². The fraction of sp³-hybridized carbons (Fsp3) is 0.176. The molecule has 128 valence electrons. The Kier molecular flexibility index (Phi) is 4.45. The molecule has 1 atom stereocenters. The number of halogens is 1. The molecule has 1 amide bonds. The Morgan fingerprint density at radius 2 is 2.12 bits per heavy atom. The Bertz CT molecular complexity index is 960. The Labute approximate surface area is 157 Å². The minimum atomic E-state index is -0.290. The maximum atomic E-state index is 12.4. The maximum absolute atomic E-state index is 12.4. The van der Waals surface area contributed by atoms with Gasteiger partial charge in [-0.05, 0) is 37.3 Å². The van der Waals surface area contributed by atoms with Crippen molar-refractivity contribution in [3.05, 3.63) is 41.4 Å². The Balaban J connectivity index is 1.44. The van der Waals surface area contributed by atoms with Crippen molar-refractivity contribution in [3.8, 4) is 11.5 Å². The number of hydrogen-bond acceptors (Lipinski definition) is 6. The third-order valence-electron chi connectivity index (χ3n) is 3.62. The Morgan fingerprint density at radius 1 is 1.28 bits per heavy atom. The van der Waals surface area contributed by atoms with Gasteiger partial charge in [-0.15, -0.1) is 11.3 Å². The molecular formula is C17H13ClN2O3S2. The van der Waals surface area contributed by atoms with Crippen molar-refractivity contribution in [1.82, 2.24) is 4.98 Å². The van der Waals surface area contributed by atoms with E-state index in [0.717, 1.165) is 14.6 Å². The largest absolute Gasteiger partial charge is 0.454 e. The average molecular weight is 393 g/mol. The number of benzene rings is 2. The van der Waals surface area contributed by atoms with E-state index in [-0.39, 0.29) is 18.0 Å². The van der Waals surface area contributed by atoms with Crippen molar-refractivity contribution in [2.24, 2.45) is 0 Å². The number of ether oxygens (including phenoxy) is 2. The summed E-state index contributed by atoms with van der Waals surface area (Å²) in [6.07, 6.45) is 0. The zero-order valence-electron chi connectivity index (χ0n) is 13.1. The molecule has 1 aliphatic rings. The van der Waals surface area contributed by atoms with Gasteiger partial charge in [-0.25, -0.2) is 4.98 Å². The van der Waals surface area contributed by atoms with Crippen LogP contribution in [0, 0.1) is 0 Å². The van der Waals surface area contributed by atoms with Crippen LogP contribution in [-0.2, 0) is 4.79 Å². The van der Waals surface area contributed by atoms with Crippen molar-refractivity contribution < 1.29 is 14.3 Å². The molecule has 2 aromatic carbocycles. The van der Waals surface area contributed by atoms with Crippen molar-refractivity contribution >= 4 is 56.5 Å². The lowest BCUT2D eigenvalue weighted by Gasteiger charge is -2.10. The number of aromatic nitrogens is 1. The van der Waals surface area contributed by atoms with Gasteiger partial charge in [0.15, 0.2) is 15.8 Å². The van der Waals surface area contributed by atoms with Gasteiger partial charge >= 0.3 is 0 Å². The van der Waals surface area contributed by atoms with Crippen molar-refractivity contribution in [2.45, 2.75) is 16.5 Å². The van der Waals surface area contributed by atoms with E-state index in [2.05, 4.69) is 10.3 Å². The molecule has 0 unspecified atom stereocenters. The predicted octanol–water partition coefficient (Wildman–Crippen LogP) is 4.80. The van der Waals surface area contributed by atoms with E-state index < -0.39 is 0 Å². The highest BCUT2D eigenvalue weighted by atomic mass is 35.5. The molecule has 2 heterocycles. The summed E-state index contributed by atoms with van der Waals surface area (Å²) in [5, 5.41) is 3.26. The van der Waals surface area contributed by atoms with Crippen LogP contribution >= 0.6 is 34.7 Å². The molecule has 1 N–H and O–H groups in total. The first kappa shape index (κ1) is 16.5. The molecule has 1 aliphatic heterocycles. The summed E-state index contributed by atoms with van der Waals surface area (Å²) in [5.41, 5.74) is 1.53. The van der Waals surface area contributed by atoms with Crippen LogP contribution in [0.2, 0.25) is 5.02 Å². The van der Waals surface area contributed by atoms with E-state index in [1.54, 1.807) is 29.5 Å². The van der Waals surface area contributed by atoms with Gasteiger partial charge in [-0.1, -0.05) is 23.4 Å². The summed E-state index contributed by atoms with van der Waals surface area (Å²) >= 11 is 8.96. The Hall–Kier alpha value is -1.96. The molecule has 0 aliphatic carbocycles. The number of amides is 1. The molecule has 0 saturated carbocycles. The third kappa shape index (κ3) is 3.53. The number of nitrogens with zero attached hydrogens (tertiary/aromatic N) is 1. The van der Waals surface area contributed by atoms with Gasteiger partial charge in [0.1, 0.15) is 0 Å². The molecule has 0 spiro atoms. The van der Waals surface area contributed by atoms with Crippen LogP contribution in [0.3, 0.4) is 0 Å². The number of anilines is 1. The summed E-state index contributed by atoms with van der Waals surface area (Å²) in [5.74, 6) is 1.23. The van der Waals surface area contributed by atoms with E-state index in [0.29, 0.717) is 22.2 Å². The van der Waals surface area contributed by atoms with Crippen LogP contribution in [0.4, 0.5) is 5.69 Å². The number of nitrogens with one attached hydrogen (secondary N) is 1. The first-order valence-corrected chi connectivity index (χ1v) is 9.59. The first-order chi connectivity index (χ1) is 12.1. The molecule has 8 heteroatoms. The highest BCUT2D eigenvalue weighted by Crippen LogP contribution is 2.35. The van der Waals surface area contributed by atoms with Gasteiger partial charge in [0, 0.05) is 16.8 Å². The molecule has 0 fully saturated rings. The number of carbonyl (C=O) groups is 1.